The van der Waals surface area contributed by atoms with Crippen molar-refractivity contribution in [2.45, 2.75) is 43.9 Å². The molecular formula is C38H33F4IN10O2. The highest BCUT2D eigenvalue weighted by atomic mass is 127. The lowest BCUT2D eigenvalue weighted by molar-refractivity contribution is -0.0796. The van der Waals surface area contributed by atoms with E-state index in [2.05, 4.69) is 42.9 Å². The molecule has 8 heterocycles. The third-order valence-electron chi connectivity index (χ3n) is 10.1. The number of hydrogen-bond acceptors (Lipinski definition) is 9. The lowest BCUT2D eigenvalue weighted by Gasteiger charge is -2.26. The molecule has 0 unspecified atom stereocenters. The summed E-state index contributed by atoms with van der Waals surface area (Å²) in [6.07, 6.45) is 13.9. The van der Waals surface area contributed by atoms with Gasteiger partial charge < -0.3 is 19.3 Å². The van der Waals surface area contributed by atoms with E-state index in [1.807, 2.05) is 34.3 Å². The summed E-state index contributed by atoms with van der Waals surface area (Å²) in [6, 6.07) is 10.5. The van der Waals surface area contributed by atoms with Crippen molar-refractivity contribution in [2.24, 2.45) is 0 Å². The Balaban J connectivity index is 0.000000153. The van der Waals surface area contributed by atoms with Crippen molar-refractivity contribution >= 4 is 45.5 Å². The number of hydrogen-bond donors (Lipinski definition) is 0. The first-order valence-electron chi connectivity index (χ1n) is 17.9. The molecule has 17 heteroatoms. The molecule has 0 spiro atoms. The summed E-state index contributed by atoms with van der Waals surface area (Å²) >= 11 is 2.19. The Kier molecular flexibility index (Phi) is 9.49. The van der Waals surface area contributed by atoms with Crippen molar-refractivity contribution in [1.29, 1.82) is 0 Å². The molecule has 0 aliphatic carbocycles. The number of halogens is 5. The van der Waals surface area contributed by atoms with Crippen LogP contribution in [0.4, 0.5) is 29.2 Å². The summed E-state index contributed by atoms with van der Waals surface area (Å²) in [4.78, 5) is 13.5. The van der Waals surface area contributed by atoms with E-state index in [1.54, 1.807) is 38.5 Å². The van der Waals surface area contributed by atoms with Gasteiger partial charge >= 0.3 is 0 Å². The van der Waals surface area contributed by atoms with Crippen molar-refractivity contribution in [2.75, 3.05) is 36.1 Å². The second-order valence-electron chi connectivity index (χ2n) is 13.6. The molecule has 55 heavy (non-hydrogen) atoms. The lowest BCUT2D eigenvalue weighted by Crippen LogP contribution is -2.38. The van der Waals surface area contributed by atoms with Crippen LogP contribution in [0.5, 0.6) is 5.75 Å². The third-order valence-corrected chi connectivity index (χ3v) is 10.9. The minimum atomic E-state index is -0.445. The van der Waals surface area contributed by atoms with Crippen LogP contribution in [0.15, 0.2) is 85.7 Å². The number of benzene rings is 2. The van der Waals surface area contributed by atoms with Crippen LogP contribution in [0, 0.1) is 26.8 Å². The summed E-state index contributed by atoms with van der Waals surface area (Å²) in [5.41, 5.74) is 2.82. The summed E-state index contributed by atoms with van der Waals surface area (Å²) in [6.45, 7) is 2.64. The predicted octanol–water partition coefficient (Wildman–Crippen LogP) is 7.27. The van der Waals surface area contributed by atoms with Crippen molar-refractivity contribution in [3.05, 3.63) is 124 Å². The Morgan fingerprint density at radius 3 is 1.87 bits per heavy atom. The van der Waals surface area contributed by atoms with E-state index in [-0.39, 0.29) is 24.0 Å². The molecule has 0 bridgehead atoms. The maximum Gasteiger partial charge on any atom is 0.183 e. The van der Waals surface area contributed by atoms with Crippen LogP contribution in [-0.4, -0.2) is 71.4 Å². The zero-order valence-electron chi connectivity index (χ0n) is 29.2. The number of anilines is 2. The van der Waals surface area contributed by atoms with Gasteiger partial charge in [-0.15, -0.1) is 0 Å². The first-order chi connectivity index (χ1) is 26.8. The molecule has 0 saturated carbocycles. The fourth-order valence-electron chi connectivity index (χ4n) is 7.40. The standard InChI is InChI=1S/C22H20F2N6O2.C16H13F2IN4/c23-14-3-4-18(24)17(8-14)19-2-1-6-28(19)21-5-7-29-22(27-21)20(10-26-29)30-11-15(9-25-30)32-16-12-31-13-16;17-10-3-4-12(18)11(8-10)14-2-1-6-22(14)15-5-7-23-16(21-15)13(19)9-20-23/h3-5,7-11,16,19H,1-2,6,12-13H2;3-5,7-9,14H,1-2,6H2/t19-;14-/m11/s1. The van der Waals surface area contributed by atoms with Gasteiger partial charge in [0.25, 0.3) is 0 Å². The first-order valence-corrected chi connectivity index (χ1v) is 18.9. The molecule has 12 nitrogen and oxygen atoms in total. The maximum absolute atomic E-state index is 14.5. The van der Waals surface area contributed by atoms with Gasteiger partial charge in [0.15, 0.2) is 17.0 Å². The van der Waals surface area contributed by atoms with Gasteiger partial charge in [-0.25, -0.2) is 41.2 Å². The Morgan fingerprint density at radius 2 is 1.27 bits per heavy atom. The molecule has 3 saturated heterocycles. The van der Waals surface area contributed by atoms with Gasteiger partial charge in [0.2, 0.25) is 0 Å². The fourth-order valence-corrected chi connectivity index (χ4v) is 7.89. The quantitative estimate of drug-likeness (QED) is 0.121. The molecule has 10 rings (SSSR count). The van der Waals surface area contributed by atoms with Gasteiger partial charge in [0.05, 0.1) is 53.7 Å². The van der Waals surface area contributed by atoms with Crippen LogP contribution in [-0.2, 0) is 4.74 Å². The van der Waals surface area contributed by atoms with E-state index in [9.17, 15) is 17.6 Å². The summed E-state index contributed by atoms with van der Waals surface area (Å²) in [7, 11) is 0. The van der Waals surface area contributed by atoms with Crippen molar-refractivity contribution in [1.82, 2.24) is 39.0 Å². The maximum atomic E-state index is 14.5. The molecule has 282 valence electrons. The summed E-state index contributed by atoms with van der Waals surface area (Å²) < 4.78 is 72.9. The van der Waals surface area contributed by atoms with Gasteiger partial charge in [-0.3, -0.25) is 0 Å². The second-order valence-corrected chi connectivity index (χ2v) is 14.7. The Bertz CT molecular complexity index is 2500. The molecule has 3 fully saturated rings. The zero-order chi connectivity index (χ0) is 37.6. The van der Waals surface area contributed by atoms with Gasteiger partial charge in [-0.05, 0) is 96.8 Å². The number of ether oxygens (including phenoxy) is 2. The normalized spacial score (nSPS) is 18.6. The van der Waals surface area contributed by atoms with Gasteiger partial charge in [-0.1, -0.05) is 0 Å². The third kappa shape index (κ3) is 6.94. The monoisotopic (exact) mass is 864 g/mol. The highest BCUT2D eigenvalue weighted by molar-refractivity contribution is 14.1. The predicted molar refractivity (Wildman–Crippen MR) is 202 cm³/mol. The molecule has 0 radical (unpaired) electrons. The molecule has 5 aromatic heterocycles. The fraction of sp³-hybridized carbons (Fsp3) is 0.289. The van der Waals surface area contributed by atoms with E-state index < -0.39 is 17.5 Å². The number of nitrogens with zero attached hydrogens (tertiary/aromatic N) is 10. The molecule has 2 aromatic carbocycles. The number of aromatic nitrogens is 8. The first kappa shape index (κ1) is 35.4. The lowest BCUT2D eigenvalue weighted by atomic mass is 10.0. The van der Waals surface area contributed by atoms with Crippen LogP contribution in [0.3, 0.4) is 0 Å². The minimum Gasteiger partial charge on any atom is -0.482 e. The summed E-state index contributed by atoms with van der Waals surface area (Å²) in [5.74, 6) is 0.457. The molecule has 3 aliphatic rings. The summed E-state index contributed by atoms with van der Waals surface area (Å²) in [5, 5.41) is 13.0. The largest absolute Gasteiger partial charge is 0.482 e. The SMILES string of the molecule is Fc1ccc(F)c([C@H]2CCCN2c2ccn3ncc(-n4cc(OC5COC5)cn4)c3n2)c1.Fc1ccc(F)c([C@H]2CCCN2c2ccn3ncc(I)c3n2)c1. The zero-order valence-corrected chi connectivity index (χ0v) is 31.3. The van der Waals surface area contributed by atoms with Gasteiger partial charge in [-0.2, -0.15) is 15.3 Å². The average Bonchev–Trinajstić information content (AvgIpc) is 4.02. The molecule has 7 aromatic rings. The van der Waals surface area contributed by atoms with Crippen molar-refractivity contribution in [3.8, 4) is 11.4 Å². The van der Waals surface area contributed by atoms with E-state index in [0.717, 1.165) is 59.4 Å². The number of fused-ring (bicyclic) bond motifs is 2. The van der Waals surface area contributed by atoms with Gasteiger partial charge in [0.1, 0.15) is 46.7 Å². The molecular weight excluding hydrogens is 831 g/mol. The minimum absolute atomic E-state index is 0.0524. The van der Waals surface area contributed by atoms with Crippen LogP contribution in [0.2, 0.25) is 0 Å². The van der Waals surface area contributed by atoms with E-state index >= 15 is 0 Å². The van der Waals surface area contributed by atoms with Gasteiger partial charge in [0, 0.05) is 36.6 Å². The Labute approximate surface area is 325 Å². The molecule has 2 atom stereocenters. The van der Waals surface area contributed by atoms with Crippen molar-refractivity contribution in [3.63, 3.8) is 0 Å². The highest BCUT2D eigenvalue weighted by Gasteiger charge is 2.31. The van der Waals surface area contributed by atoms with Crippen LogP contribution in [0.25, 0.3) is 17.0 Å². The average molecular weight is 865 g/mol. The van der Waals surface area contributed by atoms with E-state index in [0.29, 0.717) is 53.8 Å². The van der Waals surface area contributed by atoms with E-state index in [4.69, 9.17) is 14.5 Å². The Morgan fingerprint density at radius 1 is 0.691 bits per heavy atom. The van der Waals surface area contributed by atoms with Crippen molar-refractivity contribution < 1.29 is 27.0 Å². The topological polar surface area (TPSA) is 103 Å². The molecule has 3 aliphatic heterocycles. The van der Waals surface area contributed by atoms with E-state index in [1.165, 1.54) is 24.3 Å². The number of rotatable bonds is 7. The van der Waals surface area contributed by atoms with Crippen LogP contribution in [0.1, 0.15) is 48.9 Å². The van der Waals surface area contributed by atoms with Crippen LogP contribution < -0.4 is 14.5 Å². The molecule has 0 N–H and O–H groups in total. The smallest absolute Gasteiger partial charge is 0.183 e. The highest BCUT2D eigenvalue weighted by Crippen LogP contribution is 2.38. The van der Waals surface area contributed by atoms with Crippen LogP contribution >= 0.6 is 22.6 Å². The Hall–Kier alpha value is -5.30. The molecule has 0 amide bonds. The second kappa shape index (κ2) is 14.7.